The zero-order valence-electron chi connectivity index (χ0n) is 18.2. The van der Waals surface area contributed by atoms with Crippen molar-refractivity contribution in [2.45, 2.75) is 109 Å². The van der Waals surface area contributed by atoms with E-state index >= 15 is 0 Å². The van der Waals surface area contributed by atoms with Gasteiger partial charge in [0.1, 0.15) is 5.60 Å². The molecule has 2 bridgehead atoms. The molecule has 3 rings (SSSR count). The molecule has 152 valence electrons. The van der Waals surface area contributed by atoms with Gasteiger partial charge in [-0.05, 0) is 51.7 Å². The van der Waals surface area contributed by atoms with Crippen molar-refractivity contribution in [3.05, 3.63) is 12.7 Å². The maximum Gasteiger partial charge on any atom is 0.192 e. The molecule has 3 aliphatic rings. The molecular weight excluding hydrogens is 344 g/mol. The first kappa shape index (κ1) is 22.1. The number of aliphatic hydroxyl groups excluding tert-OH is 1. The first-order valence-electron chi connectivity index (χ1n) is 9.87. The van der Waals surface area contributed by atoms with Crippen molar-refractivity contribution in [2.24, 2.45) is 11.3 Å². The van der Waals surface area contributed by atoms with E-state index in [2.05, 4.69) is 40.4 Å². The van der Waals surface area contributed by atoms with Crippen LogP contribution in [0.3, 0.4) is 0 Å². The van der Waals surface area contributed by atoms with Crippen LogP contribution < -0.4 is 0 Å². The second-order valence-corrected chi connectivity index (χ2v) is 15.9. The molecule has 0 amide bonds. The first-order chi connectivity index (χ1) is 11.5. The summed E-state index contributed by atoms with van der Waals surface area (Å²) in [6.07, 6.45) is 1.79. The van der Waals surface area contributed by atoms with Gasteiger partial charge in [0.2, 0.25) is 0 Å². The van der Waals surface area contributed by atoms with E-state index < -0.39 is 25.4 Å². The second-order valence-electron chi connectivity index (χ2n) is 11.2. The standard InChI is InChI=1S/C21H40O4Si/c1-11-21(23)14-12-16(24-18(2,3)4)20(8,17(21)22)13-15(14)25-26(9,10)19(5,6)7/h11,14-17,22-23H,1,12-13H2,2-10H3/t14-,15+,16+,17-,20-,21+/m1/s1. The van der Waals surface area contributed by atoms with E-state index in [9.17, 15) is 10.2 Å². The van der Waals surface area contributed by atoms with Gasteiger partial charge in [0.25, 0.3) is 0 Å². The smallest absolute Gasteiger partial charge is 0.192 e. The topological polar surface area (TPSA) is 58.9 Å². The number of fused-ring (bicyclic) bond motifs is 3. The molecule has 0 radical (unpaired) electrons. The fourth-order valence-corrected chi connectivity index (χ4v) is 5.77. The van der Waals surface area contributed by atoms with E-state index in [1.54, 1.807) is 0 Å². The summed E-state index contributed by atoms with van der Waals surface area (Å²) >= 11 is 0. The van der Waals surface area contributed by atoms with E-state index in [4.69, 9.17) is 9.16 Å². The summed E-state index contributed by atoms with van der Waals surface area (Å²) in [5.74, 6) is -0.210. The molecule has 6 atom stereocenters. The third kappa shape index (κ3) is 3.58. The summed E-state index contributed by atoms with van der Waals surface area (Å²) in [6.45, 7) is 23.1. The lowest BCUT2D eigenvalue weighted by Crippen LogP contribution is -2.73. The van der Waals surface area contributed by atoms with E-state index in [-0.39, 0.29) is 28.8 Å². The molecule has 3 saturated carbocycles. The SMILES string of the molecule is C=C[C@]1(O)[C@@H]2C[C@H](OC(C)(C)C)[C@@](C)(C[C@@H]2O[Si](C)(C)C(C)(C)C)[C@H]1O. The van der Waals surface area contributed by atoms with Crippen LogP contribution in [0.15, 0.2) is 12.7 Å². The Bertz CT molecular complexity index is 547. The molecule has 5 heteroatoms. The van der Waals surface area contributed by atoms with E-state index in [1.165, 1.54) is 6.08 Å². The minimum atomic E-state index is -2.00. The van der Waals surface area contributed by atoms with Gasteiger partial charge < -0.3 is 19.4 Å². The lowest BCUT2D eigenvalue weighted by atomic mass is 9.50. The zero-order chi connectivity index (χ0) is 20.3. The third-order valence-electron chi connectivity index (χ3n) is 7.02. The summed E-state index contributed by atoms with van der Waals surface area (Å²) in [4.78, 5) is 0. The predicted molar refractivity (Wildman–Crippen MR) is 109 cm³/mol. The number of aliphatic hydroxyl groups is 2. The van der Waals surface area contributed by atoms with Gasteiger partial charge in [0.05, 0.1) is 23.9 Å². The Morgan fingerprint density at radius 3 is 2.12 bits per heavy atom. The van der Waals surface area contributed by atoms with Crippen molar-refractivity contribution in [2.75, 3.05) is 0 Å². The van der Waals surface area contributed by atoms with Gasteiger partial charge >= 0.3 is 0 Å². The third-order valence-corrected chi connectivity index (χ3v) is 11.5. The van der Waals surface area contributed by atoms with Gasteiger partial charge in [-0.25, -0.2) is 0 Å². The van der Waals surface area contributed by atoms with Crippen molar-refractivity contribution in [3.8, 4) is 0 Å². The van der Waals surface area contributed by atoms with Crippen LogP contribution in [0.5, 0.6) is 0 Å². The Morgan fingerprint density at radius 1 is 1.15 bits per heavy atom. The summed E-state index contributed by atoms with van der Waals surface area (Å²) in [5.41, 5.74) is -2.21. The van der Waals surface area contributed by atoms with Gasteiger partial charge in [0, 0.05) is 11.3 Å². The minimum absolute atomic E-state index is 0.0906. The van der Waals surface area contributed by atoms with Gasteiger partial charge in [0.15, 0.2) is 8.32 Å². The molecule has 0 heterocycles. The molecule has 0 saturated heterocycles. The van der Waals surface area contributed by atoms with Crippen LogP contribution in [0.4, 0.5) is 0 Å². The first-order valence-corrected chi connectivity index (χ1v) is 12.8. The molecule has 3 aliphatic carbocycles. The number of hydrogen-bond donors (Lipinski definition) is 2. The molecule has 2 N–H and O–H groups in total. The highest BCUT2D eigenvalue weighted by Crippen LogP contribution is 2.58. The van der Waals surface area contributed by atoms with Gasteiger partial charge in [-0.1, -0.05) is 33.8 Å². The fourth-order valence-electron chi connectivity index (χ4n) is 4.42. The monoisotopic (exact) mass is 384 g/mol. The van der Waals surface area contributed by atoms with Crippen LogP contribution in [0.1, 0.15) is 61.3 Å². The molecule has 4 nitrogen and oxygen atoms in total. The van der Waals surface area contributed by atoms with Gasteiger partial charge in [-0.2, -0.15) is 0 Å². The highest BCUT2D eigenvalue weighted by atomic mass is 28.4. The van der Waals surface area contributed by atoms with Crippen molar-refractivity contribution < 1.29 is 19.4 Å². The molecule has 0 spiro atoms. The molecule has 0 aromatic heterocycles. The summed E-state index contributed by atoms with van der Waals surface area (Å²) in [5, 5.41) is 22.5. The van der Waals surface area contributed by atoms with Crippen LogP contribution in [-0.4, -0.2) is 48.0 Å². The van der Waals surface area contributed by atoms with E-state index in [1.807, 2.05) is 27.7 Å². The number of hydrogen-bond acceptors (Lipinski definition) is 4. The van der Waals surface area contributed by atoms with Gasteiger partial charge in [-0.15, -0.1) is 6.58 Å². The Morgan fingerprint density at radius 2 is 1.69 bits per heavy atom. The lowest BCUT2D eigenvalue weighted by molar-refractivity contribution is -0.284. The number of rotatable bonds is 4. The molecule has 0 unspecified atom stereocenters. The molecule has 0 aliphatic heterocycles. The van der Waals surface area contributed by atoms with Crippen LogP contribution >= 0.6 is 0 Å². The Kier molecular flexibility index (Phi) is 5.45. The summed E-state index contributed by atoms with van der Waals surface area (Å²) < 4.78 is 13.1. The Hall–Kier alpha value is -0.203. The predicted octanol–water partition coefficient (Wildman–Crippen LogP) is 4.27. The number of ether oxygens (including phenoxy) is 1. The van der Waals surface area contributed by atoms with Crippen molar-refractivity contribution in [1.82, 2.24) is 0 Å². The quantitative estimate of drug-likeness (QED) is 0.561. The molecular formula is C21H40O4Si. The average Bonchev–Trinajstić information content (AvgIpc) is 2.44. The molecule has 0 aromatic rings. The largest absolute Gasteiger partial charge is 0.414 e. The van der Waals surface area contributed by atoms with Crippen LogP contribution in [0.25, 0.3) is 0 Å². The second kappa shape index (κ2) is 6.41. The highest BCUT2D eigenvalue weighted by molar-refractivity contribution is 6.74. The van der Waals surface area contributed by atoms with Crippen molar-refractivity contribution in [1.29, 1.82) is 0 Å². The maximum atomic E-state index is 11.3. The van der Waals surface area contributed by atoms with Crippen LogP contribution in [0, 0.1) is 11.3 Å². The minimum Gasteiger partial charge on any atom is -0.414 e. The lowest BCUT2D eigenvalue weighted by Gasteiger charge is -2.63. The fraction of sp³-hybridized carbons (Fsp3) is 0.905. The van der Waals surface area contributed by atoms with Crippen LogP contribution in [0.2, 0.25) is 18.1 Å². The summed E-state index contributed by atoms with van der Waals surface area (Å²) in [6, 6.07) is 0. The maximum absolute atomic E-state index is 11.3. The van der Waals surface area contributed by atoms with E-state index in [0.717, 1.165) is 0 Å². The van der Waals surface area contributed by atoms with Crippen LogP contribution in [-0.2, 0) is 9.16 Å². The average molecular weight is 385 g/mol. The van der Waals surface area contributed by atoms with E-state index in [0.29, 0.717) is 12.8 Å². The molecule has 0 aromatic carbocycles. The normalized spacial score (nSPS) is 41.3. The van der Waals surface area contributed by atoms with Crippen molar-refractivity contribution >= 4 is 8.32 Å². The Balaban J connectivity index is 2.39. The molecule has 26 heavy (non-hydrogen) atoms. The molecule has 3 fully saturated rings. The van der Waals surface area contributed by atoms with Gasteiger partial charge in [-0.3, -0.25) is 0 Å². The summed E-state index contributed by atoms with van der Waals surface area (Å²) in [7, 11) is -2.00. The van der Waals surface area contributed by atoms with Crippen molar-refractivity contribution in [3.63, 3.8) is 0 Å². The zero-order valence-corrected chi connectivity index (χ0v) is 19.2. The Labute approximate surface area is 161 Å². The highest BCUT2D eigenvalue weighted by Gasteiger charge is 2.66.